The van der Waals surface area contributed by atoms with Gasteiger partial charge in [0.1, 0.15) is 11.9 Å². The number of rotatable bonds is 5. The van der Waals surface area contributed by atoms with Crippen LogP contribution in [0.25, 0.3) is 5.65 Å². The summed E-state index contributed by atoms with van der Waals surface area (Å²) in [6.07, 6.45) is 9.37. The molecule has 4 saturated carbocycles. The summed E-state index contributed by atoms with van der Waals surface area (Å²) in [5.41, 5.74) is 2.47. The first-order chi connectivity index (χ1) is 13.2. The maximum atomic E-state index is 11.6. The number of sulfonamides is 1. The highest BCUT2D eigenvalue weighted by molar-refractivity contribution is 7.91. The van der Waals surface area contributed by atoms with Gasteiger partial charge in [-0.05, 0) is 55.3 Å². The topological polar surface area (TPSA) is 85.6 Å². The first-order valence-electron chi connectivity index (χ1n) is 10.2. The zero-order valence-electron chi connectivity index (χ0n) is 16.5. The van der Waals surface area contributed by atoms with Crippen molar-refractivity contribution in [2.45, 2.75) is 58.0 Å². The molecular weight excluding hydrogens is 376 g/mol. The Morgan fingerprint density at radius 2 is 2.00 bits per heavy atom. The predicted octanol–water partition coefficient (Wildman–Crippen LogP) is 3.18. The van der Waals surface area contributed by atoms with Gasteiger partial charge in [0.2, 0.25) is 16.0 Å². The highest BCUT2D eigenvalue weighted by Crippen LogP contribution is 2.83. The molecule has 2 heterocycles. The van der Waals surface area contributed by atoms with Gasteiger partial charge in [-0.3, -0.25) is 9.12 Å². The third-order valence-corrected chi connectivity index (χ3v) is 8.95. The zero-order valence-corrected chi connectivity index (χ0v) is 17.3. The Kier molecular flexibility index (Phi) is 3.05. The van der Waals surface area contributed by atoms with Crippen LogP contribution in [0, 0.1) is 22.7 Å². The van der Waals surface area contributed by atoms with Crippen LogP contribution in [0.2, 0.25) is 0 Å². The molecule has 0 aliphatic heterocycles. The molecule has 5 unspecified atom stereocenters. The summed E-state index contributed by atoms with van der Waals surface area (Å²) in [6, 6.07) is 1.94. The summed E-state index contributed by atoms with van der Waals surface area (Å²) in [5.74, 6) is 3.34. The number of hydrogen-bond donors (Lipinski definition) is 1. The third-order valence-electron chi connectivity index (χ3n) is 8.40. The van der Waals surface area contributed by atoms with E-state index in [1.54, 1.807) is 4.40 Å². The zero-order chi connectivity index (χ0) is 19.5. The summed E-state index contributed by atoms with van der Waals surface area (Å²) < 4.78 is 34.1. The molecule has 0 bridgehead atoms. The van der Waals surface area contributed by atoms with Gasteiger partial charge in [-0.25, -0.2) is 8.42 Å². The Labute approximate surface area is 164 Å². The smallest absolute Gasteiger partial charge is 0.242 e. The number of hydrogen-bond acceptors (Lipinski definition) is 5. The summed E-state index contributed by atoms with van der Waals surface area (Å²) in [6.45, 7) is 4.89. The summed E-state index contributed by atoms with van der Waals surface area (Å²) in [7, 11) is -3.41. The fraction of sp³-hybridized carbons (Fsp3) is 0.700. The first-order valence-corrected chi connectivity index (χ1v) is 12.1. The van der Waals surface area contributed by atoms with Crippen LogP contribution in [0.4, 0.5) is 5.95 Å². The summed E-state index contributed by atoms with van der Waals surface area (Å²) in [5, 5.41) is 8.19. The van der Waals surface area contributed by atoms with Gasteiger partial charge in [0.25, 0.3) is 0 Å². The molecule has 5 atom stereocenters. The van der Waals surface area contributed by atoms with E-state index >= 15 is 0 Å². The molecule has 0 aromatic carbocycles. The van der Waals surface area contributed by atoms with Crippen LogP contribution in [-0.2, 0) is 10.0 Å². The van der Waals surface area contributed by atoms with Gasteiger partial charge >= 0.3 is 0 Å². The molecule has 2 aromatic rings. The second-order valence-corrected chi connectivity index (χ2v) is 11.5. The van der Waals surface area contributed by atoms with Crippen LogP contribution < -0.4 is 9.46 Å². The van der Waals surface area contributed by atoms with Crippen molar-refractivity contribution in [3.05, 3.63) is 17.8 Å². The van der Waals surface area contributed by atoms with Gasteiger partial charge in [-0.2, -0.15) is 0 Å². The Hall–Kier alpha value is -1.83. The third kappa shape index (κ3) is 2.12. The van der Waals surface area contributed by atoms with E-state index in [-0.39, 0.29) is 17.5 Å². The van der Waals surface area contributed by atoms with Gasteiger partial charge in [0.15, 0.2) is 5.65 Å². The van der Waals surface area contributed by atoms with Gasteiger partial charge in [0.05, 0.1) is 6.26 Å². The first kappa shape index (κ1) is 17.1. The van der Waals surface area contributed by atoms with Gasteiger partial charge in [-0.15, -0.1) is 10.2 Å². The predicted molar refractivity (Wildman–Crippen MR) is 105 cm³/mol. The van der Waals surface area contributed by atoms with E-state index in [1.165, 1.54) is 12.8 Å². The molecule has 150 valence electrons. The van der Waals surface area contributed by atoms with Crippen molar-refractivity contribution in [1.82, 2.24) is 14.6 Å². The van der Waals surface area contributed by atoms with E-state index in [4.69, 9.17) is 4.74 Å². The van der Waals surface area contributed by atoms with Crippen molar-refractivity contribution in [3.8, 4) is 5.75 Å². The average molecular weight is 403 g/mol. The maximum absolute atomic E-state index is 11.6. The minimum atomic E-state index is -3.41. The minimum absolute atomic E-state index is 0.228. The molecule has 8 heteroatoms. The number of aromatic nitrogens is 3. The van der Waals surface area contributed by atoms with Gasteiger partial charge in [-0.1, -0.05) is 13.8 Å². The molecule has 28 heavy (non-hydrogen) atoms. The maximum Gasteiger partial charge on any atom is 0.242 e. The standard InChI is InChI=1S/C20H26N4O3S/c1-19-7-6-13-14(20(13,19)2)8-16(19)27-15-9-17-21-22-18(23-28(3,25)26)24(17)10-12(15)11-4-5-11/h9-11,13-14,16H,4-8H2,1-3H3,(H,22,23). The second-order valence-electron chi connectivity index (χ2n) is 9.79. The van der Waals surface area contributed by atoms with Crippen LogP contribution in [-0.4, -0.2) is 35.4 Å². The largest absolute Gasteiger partial charge is 0.489 e. The second kappa shape index (κ2) is 5.01. The van der Waals surface area contributed by atoms with Crippen LogP contribution >= 0.6 is 0 Å². The molecule has 0 amide bonds. The van der Waals surface area contributed by atoms with Crippen molar-refractivity contribution in [2.75, 3.05) is 11.0 Å². The van der Waals surface area contributed by atoms with Crippen LogP contribution in [0.1, 0.15) is 57.4 Å². The fourth-order valence-corrected chi connectivity index (χ4v) is 6.95. The van der Waals surface area contributed by atoms with Gasteiger partial charge in [0, 0.05) is 23.2 Å². The average Bonchev–Trinajstić information content (AvgIpc) is 3.47. The van der Waals surface area contributed by atoms with Crippen molar-refractivity contribution >= 4 is 21.6 Å². The van der Waals surface area contributed by atoms with E-state index in [0.717, 1.165) is 48.7 Å². The molecule has 6 rings (SSSR count). The van der Waals surface area contributed by atoms with Gasteiger partial charge < -0.3 is 4.74 Å². The lowest BCUT2D eigenvalue weighted by molar-refractivity contribution is 0.0463. The van der Waals surface area contributed by atoms with E-state index in [9.17, 15) is 8.42 Å². The number of nitrogens with zero attached hydrogens (tertiary/aromatic N) is 3. The number of pyridine rings is 1. The highest BCUT2D eigenvalue weighted by atomic mass is 32.2. The van der Waals surface area contributed by atoms with E-state index in [1.807, 2.05) is 12.3 Å². The molecule has 0 spiro atoms. The monoisotopic (exact) mass is 402 g/mol. The molecule has 0 saturated heterocycles. The number of nitrogens with one attached hydrogen (secondary N) is 1. The lowest BCUT2D eigenvalue weighted by Gasteiger charge is -2.36. The van der Waals surface area contributed by atoms with Crippen LogP contribution in [0.15, 0.2) is 12.3 Å². The Morgan fingerprint density at radius 1 is 1.21 bits per heavy atom. The number of ether oxygens (including phenoxy) is 1. The molecule has 4 fully saturated rings. The van der Waals surface area contributed by atoms with Crippen molar-refractivity contribution in [3.63, 3.8) is 0 Å². The quantitative estimate of drug-likeness (QED) is 0.830. The SMILES string of the molecule is CC12CCC3C(CC1Oc1cc4nnc(NS(C)(=O)=O)n4cc1C1CC1)C32C. The molecule has 2 aromatic heterocycles. The van der Waals surface area contributed by atoms with Crippen molar-refractivity contribution < 1.29 is 13.2 Å². The lowest BCUT2D eigenvalue weighted by atomic mass is 9.75. The van der Waals surface area contributed by atoms with Crippen LogP contribution in [0.3, 0.4) is 0 Å². The Balaban J connectivity index is 1.38. The fourth-order valence-electron chi connectivity index (χ4n) is 6.48. The summed E-state index contributed by atoms with van der Waals surface area (Å²) >= 11 is 0. The molecule has 4 aliphatic carbocycles. The van der Waals surface area contributed by atoms with E-state index < -0.39 is 10.0 Å². The molecule has 0 radical (unpaired) electrons. The van der Waals surface area contributed by atoms with Crippen LogP contribution in [0.5, 0.6) is 5.75 Å². The number of fused-ring (bicyclic) bond motifs is 2. The normalized spacial score (nSPS) is 38.6. The molecular formula is C20H26N4O3S. The van der Waals surface area contributed by atoms with Crippen molar-refractivity contribution in [2.24, 2.45) is 22.7 Å². The summed E-state index contributed by atoms with van der Waals surface area (Å²) in [4.78, 5) is 0. The Morgan fingerprint density at radius 3 is 2.68 bits per heavy atom. The molecule has 4 aliphatic rings. The molecule has 7 nitrogen and oxygen atoms in total. The highest BCUT2D eigenvalue weighted by Gasteiger charge is 2.79. The molecule has 1 N–H and O–H groups in total. The Bertz CT molecular complexity index is 1110. The van der Waals surface area contributed by atoms with E-state index in [2.05, 4.69) is 28.8 Å². The number of anilines is 1. The van der Waals surface area contributed by atoms with Crippen molar-refractivity contribution in [1.29, 1.82) is 0 Å². The lowest BCUT2D eigenvalue weighted by Crippen LogP contribution is -2.37. The minimum Gasteiger partial charge on any atom is -0.489 e. The van der Waals surface area contributed by atoms with E-state index in [0.29, 0.717) is 17.0 Å².